The van der Waals surface area contributed by atoms with Crippen molar-refractivity contribution in [3.8, 4) is 11.8 Å². The summed E-state index contributed by atoms with van der Waals surface area (Å²) in [7, 11) is 0. The number of nitriles is 1. The fourth-order valence-corrected chi connectivity index (χ4v) is 4.92. The highest BCUT2D eigenvalue weighted by Gasteiger charge is 2.49. The molecule has 1 fully saturated rings. The highest BCUT2D eigenvalue weighted by Crippen LogP contribution is 2.33. The molecule has 0 bridgehead atoms. The van der Waals surface area contributed by atoms with Crippen LogP contribution in [0.15, 0.2) is 42.5 Å². The zero-order chi connectivity index (χ0) is 25.8. The molecule has 0 spiro atoms. The Kier molecular flexibility index (Phi) is 8.52. The Bertz CT molecular complexity index is 1100. The van der Waals surface area contributed by atoms with Crippen molar-refractivity contribution in [3.05, 3.63) is 59.2 Å². The lowest BCUT2D eigenvalue weighted by Gasteiger charge is -2.29. The molecule has 1 amide bonds. The Morgan fingerprint density at radius 1 is 1.17 bits per heavy atom. The first kappa shape index (κ1) is 26.7. The zero-order valence-corrected chi connectivity index (χ0v) is 22.4. The molecule has 0 aromatic heterocycles. The Hall–Kier alpha value is -2.95. The summed E-state index contributed by atoms with van der Waals surface area (Å²) in [5.41, 5.74) is 2.62. The molecule has 1 aliphatic heterocycles. The number of nitrogens with zero attached hydrogens (tertiary/aromatic N) is 3. The first-order chi connectivity index (χ1) is 16.6. The average molecular weight is 493 g/mol. The largest absolute Gasteiger partial charge is 0.494 e. The van der Waals surface area contributed by atoms with E-state index in [9.17, 15) is 10.1 Å². The maximum absolute atomic E-state index is 13.2. The van der Waals surface area contributed by atoms with Gasteiger partial charge >= 0.3 is 0 Å². The summed E-state index contributed by atoms with van der Waals surface area (Å²) in [4.78, 5) is 16.8. The van der Waals surface area contributed by atoms with Crippen molar-refractivity contribution in [2.75, 3.05) is 18.1 Å². The minimum Gasteiger partial charge on any atom is -0.494 e. The van der Waals surface area contributed by atoms with Gasteiger partial charge in [0.05, 0.1) is 23.9 Å². The van der Waals surface area contributed by atoms with Crippen LogP contribution < -0.4 is 15.0 Å². The normalized spacial score (nSPS) is 16.1. The van der Waals surface area contributed by atoms with Gasteiger partial charge in [0.15, 0.2) is 5.11 Å². The fourth-order valence-electron chi connectivity index (χ4n) is 4.41. The second kappa shape index (κ2) is 11.2. The SMILES string of the molecule is CCC(NC(C)C)c1ccc(OCCCN2C(=S)N(c3ccc(C#N)c(C)c3)C(=O)C2(C)C)cc1. The van der Waals surface area contributed by atoms with Gasteiger partial charge < -0.3 is 15.0 Å². The van der Waals surface area contributed by atoms with Gasteiger partial charge in [-0.25, -0.2) is 0 Å². The smallest absolute Gasteiger partial charge is 0.258 e. The van der Waals surface area contributed by atoms with Crippen LogP contribution in [-0.2, 0) is 4.79 Å². The second-order valence-electron chi connectivity index (χ2n) is 9.80. The molecule has 1 aliphatic rings. The van der Waals surface area contributed by atoms with E-state index in [0.29, 0.717) is 41.6 Å². The average Bonchev–Trinajstić information content (AvgIpc) is 2.99. The van der Waals surface area contributed by atoms with E-state index in [4.69, 9.17) is 17.0 Å². The van der Waals surface area contributed by atoms with Crippen molar-refractivity contribution in [2.45, 2.75) is 72.0 Å². The van der Waals surface area contributed by atoms with E-state index in [-0.39, 0.29) is 5.91 Å². The van der Waals surface area contributed by atoms with Crippen LogP contribution >= 0.6 is 12.2 Å². The second-order valence-corrected chi connectivity index (χ2v) is 10.2. The maximum Gasteiger partial charge on any atom is 0.258 e. The van der Waals surface area contributed by atoms with Gasteiger partial charge in [-0.15, -0.1) is 0 Å². The van der Waals surface area contributed by atoms with Crippen molar-refractivity contribution in [1.29, 1.82) is 5.26 Å². The molecule has 7 heteroatoms. The summed E-state index contributed by atoms with van der Waals surface area (Å²) in [6.07, 6.45) is 1.76. The minimum absolute atomic E-state index is 0.0661. The summed E-state index contributed by atoms with van der Waals surface area (Å²) in [5, 5.41) is 13.3. The first-order valence-electron chi connectivity index (χ1n) is 12.3. The molecule has 0 radical (unpaired) electrons. The van der Waals surface area contributed by atoms with Crippen molar-refractivity contribution in [3.63, 3.8) is 0 Å². The zero-order valence-electron chi connectivity index (χ0n) is 21.6. The monoisotopic (exact) mass is 492 g/mol. The van der Waals surface area contributed by atoms with E-state index in [0.717, 1.165) is 24.2 Å². The van der Waals surface area contributed by atoms with Gasteiger partial charge in [0.2, 0.25) is 0 Å². The predicted molar refractivity (Wildman–Crippen MR) is 145 cm³/mol. The molecular weight excluding hydrogens is 456 g/mol. The van der Waals surface area contributed by atoms with Gasteiger partial charge in [-0.3, -0.25) is 9.69 Å². The van der Waals surface area contributed by atoms with E-state index < -0.39 is 5.54 Å². The molecule has 1 unspecified atom stereocenters. The van der Waals surface area contributed by atoms with Crippen molar-refractivity contribution >= 4 is 28.9 Å². The summed E-state index contributed by atoms with van der Waals surface area (Å²) in [5.74, 6) is 0.769. The van der Waals surface area contributed by atoms with Gasteiger partial charge in [0.1, 0.15) is 11.3 Å². The minimum atomic E-state index is -0.751. The lowest BCUT2D eigenvalue weighted by molar-refractivity contribution is -0.123. The van der Waals surface area contributed by atoms with E-state index >= 15 is 0 Å². The van der Waals surface area contributed by atoms with Crippen LogP contribution in [0.25, 0.3) is 0 Å². The number of anilines is 1. The molecule has 1 heterocycles. The standard InChI is InChI=1S/C28H36N4O2S/c1-7-25(30-19(2)3)21-10-13-24(14-11-21)34-16-8-15-31-27(35)32(26(33)28(31,5)6)23-12-9-22(18-29)20(4)17-23/h9-14,17,19,25,30H,7-8,15-16H2,1-6H3. The molecule has 0 aliphatic carbocycles. The van der Waals surface area contributed by atoms with Gasteiger partial charge in [-0.2, -0.15) is 5.26 Å². The van der Waals surface area contributed by atoms with E-state index in [1.807, 2.05) is 43.9 Å². The maximum atomic E-state index is 13.2. The number of ether oxygens (including phenoxy) is 1. The molecule has 1 atom stereocenters. The quantitative estimate of drug-likeness (QED) is 0.349. The van der Waals surface area contributed by atoms with Crippen LogP contribution in [0.5, 0.6) is 5.75 Å². The first-order valence-corrected chi connectivity index (χ1v) is 12.7. The van der Waals surface area contributed by atoms with Gasteiger partial charge in [-0.1, -0.05) is 32.9 Å². The van der Waals surface area contributed by atoms with Crippen LogP contribution in [-0.4, -0.2) is 40.7 Å². The predicted octanol–water partition coefficient (Wildman–Crippen LogP) is 5.50. The highest BCUT2D eigenvalue weighted by atomic mass is 32.1. The Labute approximate surface area is 214 Å². The van der Waals surface area contributed by atoms with Crippen LogP contribution in [0.3, 0.4) is 0 Å². The number of hydrogen-bond acceptors (Lipinski definition) is 5. The Morgan fingerprint density at radius 2 is 1.86 bits per heavy atom. The molecule has 186 valence electrons. The topological polar surface area (TPSA) is 68.6 Å². The molecule has 6 nitrogen and oxygen atoms in total. The van der Waals surface area contributed by atoms with Crippen LogP contribution in [0, 0.1) is 18.3 Å². The Balaban J connectivity index is 1.60. The van der Waals surface area contributed by atoms with Gasteiger partial charge in [0, 0.05) is 18.6 Å². The fraction of sp³-hybridized carbons (Fsp3) is 0.464. The number of nitrogens with one attached hydrogen (secondary N) is 1. The number of aryl methyl sites for hydroxylation is 1. The molecule has 1 N–H and O–H groups in total. The number of amides is 1. The summed E-state index contributed by atoms with van der Waals surface area (Å²) in [6.45, 7) is 13.3. The molecule has 3 rings (SSSR count). The molecule has 1 saturated heterocycles. The number of hydrogen-bond donors (Lipinski definition) is 1. The van der Waals surface area contributed by atoms with Crippen molar-refractivity contribution in [1.82, 2.24) is 10.2 Å². The molecule has 2 aromatic carbocycles. The lowest BCUT2D eigenvalue weighted by atomic mass is 10.0. The summed E-state index contributed by atoms with van der Waals surface area (Å²) < 4.78 is 5.98. The van der Waals surface area contributed by atoms with Crippen molar-refractivity contribution in [2.24, 2.45) is 0 Å². The number of thiocarbonyl (C=S) groups is 1. The molecule has 0 saturated carbocycles. The third kappa shape index (κ3) is 5.83. The van der Waals surface area contributed by atoms with E-state index in [1.54, 1.807) is 17.0 Å². The third-order valence-electron chi connectivity index (χ3n) is 6.43. The molecule has 35 heavy (non-hydrogen) atoms. The van der Waals surface area contributed by atoms with Gasteiger partial charge in [0.25, 0.3) is 5.91 Å². The number of rotatable bonds is 10. The van der Waals surface area contributed by atoms with Crippen molar-refractivity contribution < 1.29 is 9.53 Å². The molecular formula is C28H36N4O2S. The number of carbonyl (C=O) groups is 1. The Morgan fingerprint density at radius 3 is 2.43 bits per heavy atom. The number of carbonyl (C=O) groups excluding carboxylic acids is 1. The molecule has 2 aromatic rings. The lowest BCUT2D eigenvalue weighted by Crippen LogP contribution is -2.44. The van der Waals surface area contributed by atoms with Gasteiger partial charge in [-0.05, 0) is 87.3 Å². The van der Waals surface area contributed by atoms with Crippen LogP contribution in [0.2, 0.25) is 0 Å². The van der Waals surface area contributed by atoms with Crippen LogP contribution in [0.4, 0.5) is 5.69 Å². The van der Waals surface area contributed by atoms with Crippen LogP contribution in [0.1, 0.15) is 70.2 Å². The summed E-state index contributed by atoms with van der Waals surface area (Å²) in [6, 6.07) is 16.6. The van der Waals surface area contributed by atoms with E-state index in [1.165, 1.54) is 5.56 Å². The third-order valence-corrected chi connectivity index (χ3v) is 6.84. The highest BCUT2D eigenvalue weighted by molar-refractivity contribution is 7.80. The number of benzene rings is 2. The summed E-state index contributed by atoms with van der Waals surface area (Å²) >= 11 is 5.72. The van der Waals surface area contributed by atoms with E-state index in [2.05, 4.69) is 44.3 Å².